The van der Waals surface area contributed by atoms with Crippen LogP contribution in [0.1, 0.15) is 5.69 Å². The maximum absolute atomic E-state index is 3.43. The normalized spacial score (nSPS) is 10.3. The fourth-order valence-electron chi connectivity index (χ4n) is 1.47. The van der Waals surface area contributed by atoms with Crippen LogP contribution in [0, 0.1) is 3.57 Å². The lowest BCUT2D eigenvalue weighted by atomic mass is 10.3. The van der Waals surface area contributed by atoms with Gasteiger partial charge in [0, 0.05) is 28.2 Å². The SMILES string of the molecule is Cn1cccc1CNc1ccccc1I. The monoisotopic (exact) mass is 312 g/mol. The minimum Gasteiger partial charge on any atom is -0.379 e. The molecular formula is C12H13IN2. The molecule has 1 heterocycles. The van der Waals surface area contributed by atoms with E-state index in [9.17, 15) is 0 Å². The number of rotatable bonds is 3. The Balaban J connectivity index is 2.06. The minimum atomic E-state index is 0.865. The van der Waals surface area contributed by atoms with Gasteiger partial charge in [-0.2, -0.15) is 0 Å². The van der Waals surface area contributed by atoms with E-state index in [0.717, 1.165) is 6.54 Å². The Kier molecular flexibility index (Phi) is 3.30. The lowest BCUT2D eigenvalue weighted by Gasteiger charge is -2.08. The van der Waals surface area contributed by atoms with Gasteiger partial charge in [-0.15, -0.1) is 0 Å². The van der Waals surface area contributed by atoms with Gasteiger partial charge in [0.25, 0.3) is 0 Å². The molecule has 0 atom stereocenters. The predicted octanol–water partition coefficient (Wildman–Crippen LogP) is 3.24. The summed E-state index contributed by atoms with van der Waals surface area (Å²) in [6.07, 6.45) is 2.06. The maximum Gasteiger partial charge on any atom is 0.0553 e. The summed E-state index contributed by atoms with van der Waals surface area (Å²) >= 11 is 2.34. The molecule has 0 radical (unpaired) electrons. The average Bonchev–Trinajstić information content (AvgIpc) is 2.63. The van der Waals surface area contributed by atoms with Crippen LogP contribution in [-0.4, -0.2) is 4.57 Å². The molecule has 2 aromatic rings. The van der Waals surface area contributed by atoms with E-state index in [1.165, 1.54) is 15.0 Å². The summed E-state index contributed by atoms with van der Waals surface area (Å²) in [6, 6.07) is 12.5. The van der Waals surface area contributed by atoms with Gasteiger partial charge in [-0.3, -0.25) is 0 Å². The van der Waals surface area contributed by atoms with E-state index in [0.29, 0.717) is 0 Å². The summed E-state index contributed by atoms with van der Waals surface area (Å²) in [4.78, 5) is 0. The number of hydrogen-bond acceptors (Lipinski definition) is 1. The number of anilines is 1. The fraction of sp³-hybridized carbons (Fsp3) is 0.167. The second-order valence-electron chi connectivity index (χ2n) is 3.44. The van der Waals surface area contributed by atoms with Gasteiger partial charge >= 0.3 is 0 Å². The molecule has 15 heavy (non-hydrogen) atoms. The average molecular weight is 312 g/mol. The van der Waals surface area contributed by atoms with Crippen molar-refractivity contribution in [1.82, 2.24) is 4.57 Å². The largest absolute Gasteiger partial charge is 0.379 e. The highest BCUT2D eigenvalue weighted by Crippen LogP contribution is 2.17. The Morgan fingerprint density at radius 1 is 1.20 bits per heavy atom. The van der Waals surface area contributed by atoms with E-state index in [1.807, 2.05) is 0 Å². The van der Waals surface area contributed by atoms with Gasteiger partial charge in [-0.25, -0.2) is 0 Å². The lowest BCUT2D eigenvalue weighted by molar-refractivity contribution is 0.842. The van der Waals surface area contributed by atoms with Gasteiger partial charge in [0.05, 0.1) is 6.54 Å². The first-order valence-corrected chi connectivity index (χ1v) is 5.94. The molecule has 1 N–H and O–H groups in total. The van der Waals surface area contributed by atoms with Crippen LogP contribution in [0.4, 0.5) is 5.69 Å². The fourth-order valence-corrected chi connectivity index (χ4v) is 2.05. The highest BCUT2D eigenvalue weighted by Gasteiger charge is 1.99. The number of halogens is 1. The second-order valence-corrected chi connectivity index (χ2v) is 4.61. The van der Waals surface area contributed by atoms with Crippen molar-refractivity contribution in [1.29, 1.82) is 0 Å². The number of para-hydroxylation sites is 1. The number of aryl methyl sites for hydroxylation is 1. The molecule has 0 spiro atoms. The smallest absolute Gasteiger partial charge is 0.0553 e. The summed E-state index contributed by atoms with van der Waals surface area (Å²) in [5, 5.41) is 3.43. The second kappa shape index (κ2) is 4.70. The molecule has 3 heteroatoms. The number of benzene rings is 1. The predicted molar refractivity (Wildman–Crippen MR) is 71.9 cm³/mol. The van der Waals surface area contributed by atoms with Crippen LogP contribution in [0.25, 0.3) is 0 Å². The zero-order valence-electron chi connectivity index (χ0n) is 8.57. The van der Waals surface area contributed by atoms with E-state index in [1.54, 1.807) is 0 Å². The van der Waals surface area contributed by atoms with E-state index >= 15 is 0 Å². The highest BCUT2D eigenvalue weighted by molar-refractivity contribution is 14.1. The summed E-state index contributed by atoms with van der Waals surface area (Å²) in [5.41, 5.74) is 2.48. The van der Waals surface area contributed by atoms with Crippen molar-refractivity contribution in [3.05, 3.63) is 51.9 Å². The van der Waals surface area contributed by atoms with Crippen molar-refractivity contribution in [2.24, 2.45) is 7.05 Å². The molecule has 2 nitrogen and oxygen atoms in total. The Morgan fingerprint density at radius 2 is 2.00 bits per heavy atom. The van der Waals surface area contributed by atoms with Gasteiger partial charge in [-0.1, -0.05) is 12.1 Å². The first kappa shape index (κ1) is 10.5. The van der Waals surface area contributed by atoms with Crippen LogP contribution in [0.3, 0.4) is 0 Å². The molecule has 2 rings (SSSR count). The summed E-state index contributed by atoms with van der Waals surface area (Å²) in [7, 11) is 2.06. The van der Waals surface area contributed by atoms with Crippen LogP contribution in [0.15, 0.2) is 42.6 Å². The third-order valence-electron chi connectivity index (χ3n) is 2.39. The summed E-state index contributed by atoms with van der Waals surface area (Å²) in [6.45, 7) is 0.865. The Labute approximate surface area is 103 Å². The Bertz CT molecular complexity index is 448. The molecular weight excluding hydrogens is 299 g/mol. The van der Waals surface area contributed by atoms with Crippen molar-refractivity contribution in [3.8, 4) is 0 Å². The van der Waals surface area contributed by atoms with E-state index in [4.69, 9.17) is 0 Å². The summed E-state index contributed by atoms with van der Waals surface area (Å²) in [5.74, 6) is 0. The maximum atomic E-state index is 3.43. The zero-order chi connectivity index (χ0) is 10.7. The first-order valence-electron chi connectivity index (χ1n) is 4.86. The van der Waals surface area contributed by atoms with Crippen LogP contribution in [-0.2, 0) is 13.6 Å². The van der Waals surface area contributed by atoms with Crippen molar-refractivity contribution in [2.45, 2.75) is 6.54 Å². The number of nitrogens with zero attached hydrogens (tertiary/aromatic N) is 1. The van der Waals surface area contributed by atoms with E-state index in [-0.39, 0.29) is 0 Å². The molecule has 0 aliphatic carbocycles. The number of nitrogens with one attached hydrogen (secondary N) is 1. The molecule has 0 unspecified atom stereocenters. The molecule has 1 aromatic heterocycles. The standard InChI is InChI=1S/C12H13IN2/c1-15-8-4-5-10(15)9-14-12-7-3-2-6-11(12)13/h2-8,14H,9H2,1H3. The molecule has 0 aliphatic heterocycles. The molecule has 1 aromatic carbocycles. The van der Waals surface area contributed by atoms with Gasteiger partial charge in [0.1, 0.15) is 0 Å². The number of aromatic nitrogens is 1. The van der Waals surface area contributed by atoms with E-state index < -0.39 is 0 Å². The lowest BCUT2D eigenvalue weighted by Crippen LogP contribution is -2.04. The molecule has 0 saturated heterocycles. The van der Waals surface area contributed by atoms with Crippen molar-refractivity contribution < 1.29 is 0 Å². The van der Waals surface area contributed by atoms with Gasteiger partial charge in [-0.05, 0) is 46.9 Å². The quantitative estimate of drug-likeness (QED) is 0.861. The van der Waals surface area contributed by atoms with Crippen LogP contribution >= 0.6 is 22.6 Å². The molecule has 0 amide bonds. The third kappa shape index (κ3) is 2.53. The zero-order valence-corrected chi connectivity index (χ0v) is 10.7. The molecule has 0 saturated carbocycles. The van der Waals surface area contributed by atoms with Gasteiger partial charge in [0.15, 0.2) is 0 Å². The van der Waals surface area contributed by atoms with Crippen LogP contribution < -0.4 is 5.32 Å². The topological polar surface area (TPSA) is 17.0 Å². The van der Waals surface area contributed by atoms with Crippen molar-refractivity contribution in [2.75, 3.05) is 5.32 Å². The Morgan fingerprint density at radius 3 is 2.67 bits per heavy atom. The van der Waals surface area contributed by atoms with E-state index in [2.05, 4.69) is 82.1 Å². The van der Waals surface area contributed by atoms with Crippen molar-refractivity contribution in [3.63, 3.8) is 0 Å². The minimum absolute atomic E-state index is 0.865. The molecule has 0 aliphatic rings. The van der Waals surface area contributed by atoms with Gasteiger partial charge in [0.2, 0.25) is 0 Å². The first-order chi connectivity index (χ1) is 7.27. The summed E-state index contributed by atoms with van der Waals surface area (Å²) < 4.78 is 3.38. The van der Waals surface area contributed by atoms with Crippen molar-refractivity contribution >= 4 is 28.3 Å². The third-order valence-corrected chi connectivity index (χ3v) is 3.33. The van der Waals surface area contributed by atoms with Crippen LogP contribution in [0.5, 0.6) is 0 Å². The molecule has 0 fully saturated rings. The van der Waals surface area contributed by atoms with Gasteiger partial charge < -0.3 is 9.88 Å². The van der Waals surface area contributed by atoms with Crippen LogP contribution in [0.2, 0.25) is 0 Å². The highest BCUT2D eigenvalue weighted by atomic mass is 127. The number of hydrogen-bond donors (Lipinski definition) is 1. The molecule has 78 valence electrons. The molecule has 0 bridgehead atoms. The Hall–Kier alpha value is -0.970.